The molecule has 0 aliphatic heterocycles. The van der Waals surface area contributed by atoms with Crippen molar-refractivity contribution < 1.29 is 9.13 Å². The molecule has 1 atom stereocenters. The minimum atomic E-state index is -0.205. The van der Waals surface area contributed by atoms with E-state index >= 15 is 0 Å². The molecule has 0 radical (unpaired) electrons. The normalized spacial score (nSPS) is 11.9. The Morgan fingerprint density at radius 3 is 2.53 bits per heavy atom. The first-order valence-corrected chi connectivity index (χ1v) is 6.18. The minimum absolute atomic E-state index is 0.205. The standard InChI is InChI=1S/C15H17FN2O/c1-11(9-12-3-5-13(16)6-4-12)18-14-7-8-15(19-2)17-10-14/h3-8,10-11,18H,9H2,1-2H3. The van der Waals surface area contributed by atoms with E-state index < -0.39 is 0 Å². The second-order valence-corrected chi connectivity index (χ2v) is 4.47. The van der Waals surface area contributed by atoms with E-state index in [1.165, 1.54) is 12.1 Å². The summed E-state index contributed by atoms with van der Waals surface area (Å²) in [4.78, 5) is 4.13. The maximum absolute atomic E-state index is 12.8. The Kier molecular flexibility index (Phi) is 4.34. The third kappa shape index (κ3) is 3.95. The molecule has 0 aliphatic rings. The summed E-state index contributed by atoms with van der Waals surface area (Å²) < 4.78 is 17.8. The molecule has 3 nitrogen and oxygen atoms in total. The summed E-state index contributed by atoms with van der Waals surface area (Å²) in [5.74, 6) is 0.389. The Balaban J connectivity index is 1.92. The summed E-state index contributed by atoms with van der Waals surface area (Å²) in [6.45, 7) is 2.08. The molecule has 0 aliphatic carbocycles. The Labute approximate surface area is 112 Å². The number of ether oxygens (including phenoxy) is 1. The monoisotopic (exact) mass is 260 g/mol. The number of rotatable bonds is 5. The Bertz CT molecular complexity index is 511. The van der Waals surface area contributed by atoms with E-state index in [9.17, 15) is 4.39 Å². The first kappa shape index (κ1) is 13.3. The molecule has 1 aromatic heterocycles. The van der Waals surface area contributed by atoms with Crippen LogP contribution in [0.25, 0.3) is 0 Å². The Morgan fingerprint density at radius 2 is 1.95 bits per heavy atom. The molecule has 0 saturated carbocycles. The second kappa shape index (κ2) is 6.18. The van der Waals surface area contributed by atoms with E-state index in [1.54, 1.807) is 25.4 Å². The summed E-state index contributed by atoms with van der Waals surface area (Å²) in [6.07, 6.45) is 2.56. The van der Waals surface area contributed by atoms with Crippen LogP contribution in [0.15, 0.2) is 42.6 Å². The number of hydrogen-bond donors (Lipinski definition) is 1. The van der Waals surface area contributed by atoms with Gasteiger partial charge in [0.15, 0.2) is 0 Å². The average molecular weight is 260 g/mol. The molecule has 100 valence electrons. The van der Waals surface area contributed by atoms with Gasteiger partial charge >= 0.3 is 0 Å². The predicted molar refractivity (Wildman–Crippen MR) is 74.0 cm³/mol. The molecule has 1 unspecified atom stereocenters. The second-order valence-electron chi connectivity index (χ2n) is 4.47. The fourth-order valence-corrected chi connectivity index (χ4v) is 1.90. The highest BCUT2D eigenvalue weighted by Gasteiger charge is 2.04. The van der Waals surface area contributed by atoms with Crippen LogP contribution in [0.3, 0.4) is 0 Å². The average Bonchev–Trinajstić information content (AvgIpc) is 2.42. The van der Waals surface area contributed by atoms with E-state index in [0.29, 0.717) is 5.88 Å². The van der Waals surface area contributed by atoms with Gasteiger partial charge in [0.05, 0.1) is 19.0 Å². The molecule has 4 heteroatoms. The summed E-state index contributed by atoms with van der Waals surface area (Å²) in [6, 6.07) is 10.5. The van der Waals surface area contributed by atoms with E-state index in [4.69, 9.17) is 4.74 Å². The minimum Gasteiger partial charge on any atom is -0.481 e. The van der Waals surface area contributed by atoms with Crippen molar-refractivity contribution in [3.63, 3.8) is 0 Å². The van der Waals surface area contributed by atoms with E-state index in [-0.39, 0.29) is 11.9 Å². The van der Waals surface area contributed by atoms with Crippen molar-refractivity contribution in [3.05, 3.63) is 54.0 Å². The van der Waals surface area contributed by atoms with Crippen molar-refractivity contribution in [2.24, 2.45) is 0 Å². The molecule has 0 amide bonds. The van der Waals surface area contributed by atoms with Crippen molar-refractivity contribution in [1.29, 1.82) is 0 Å². The zero-order chi connectivity index (χ0) is 13.7. The summed E-state index contributed by atoms with van der Waals surface area (Å²) >= 11 is 0. The Hall–Kier alpha value is -2.10. The lowest BCUT2D eigenvalue weighted by Gasteiger charge is -2.15. The lowest BCUT2D eigenvalue weighted by atomic mass is 10.1. The topological polar surface area (TPSA) is 34.1 Å². The van der Waals surface area contributed by atoms with Gasteiger partial charge in [-0.05, 0) is 37.1 Å². The zero-order valence-electron chi connectivity index (χ0n) is 11.1. The highest BCUT2D eigenvalue weighted by molar-refractivity contribution is 5.43. The number of halogens is 1. The molecule has 2 rings (SSSR count). The van der Waals surface area contributed by atoms with Crippen LogP contribution in [-0.2, 0) is 6.42 Å². The molecule has 19 heavy (non-hydrogen) atoms. The van der Waals surface area contributed by atoms with E-state index in [2.05, 4.69) is 17.2 Å². The highest BCUT2D eigenvalue weighted by Crippen LogP contribution is 2.14. The van der Waals surface area contributed by atoms with Gasteiger partial charge < -0.3 is 10.1 Å². The van der Waals surface area contributed by atoms with Crippen LogP contribution in [0.5, 0.6) is 5.88 Å². The fraction of sp³-hybridized carbons (Fsp3) is 0.267. The van der Waals surface area contributed by atoms with Crippen LogP contribution in [0, 0.1) is 5.82 Å². The number of hydrogen-bond acceptors (Lipinski definition) is 3. The fourth-order valence-electron chi connectivity index (χ4n) is 1.90. The number of nitrogens with one attached hydrogen (secondary N) is 1. The lowest BCUT2D eigenvalue weighted by molar-refractivity contribution is 0.398. The van der Waals surface area contributed by atoms with Crippen LogP contribution in [0.1, 0.15) is 12.5 Å². The largest absolute Gasteiger partial charge is 0.481 e. The molecular formula is C15H17FN2O. The van der Waals surface area contributed by atoms with Crippen molar-refractivity contribution in [2.45, 2.75) is 19.4 Å². The van der Waals surface area contributed by atoms with Crippen LogP contribution in [0.4, 0.5) is 10.1 Å². The molecular weight excluding hydrogens is 243 g/mol. The first-order chi connectivity index (χ1) is 9.17. The molecule has 0 spiro atoms. The van der Waals surface area contributed by atoms with Crippen molar-refractivity contribution >= 4 is 5.69 Å². The molecule has 0 bridgehead atoms. The first-order valence-electron chi connectivity index (χ1n) is 6.18. The van der Waals surface area contributed by atoms with Gasteiger partial charge in [0.2, 0.25) is 5.88 Å². The van der Waals surface area contributed by atoms with Crippen molar-refractivity contribution in [1.82, 2.24) is 4.98 Å². The number of anilines is 1. The smallest absolute Gasteiger partial charge is 0.213 e. The maximum atomic E-state index is 12.8. The number of benzene rings is 1. The van der Waals surface area contributed by atoms with Gasteiger partial charge in [-0.1, -0.05) is 12.1 Å². The van der Waals surface area contributed by atoms with Gasteiger partial charge in [-0.2, -0.15) is 0 Å². The molecule has 0 fully saturated rings. The van der Waals surface area contributed by atoms with Gasteiger partial charge in [-0.3, -0.25) is 0 Å². The Morgan fingerprint density at radius 1 is 1.21 bits per heavy atom. The number of methoxy groups -OCH3 is 1. The quantitative estimate of drug-likeness (QED) is 0.896. The van der Waals surface area contributed by atoms with Gasteiger partial charge in [0, 0.05) is 12.1 Å². The molecule has 1 N–H and O–H groups in total. The van der Waals surface area contributed by atoms with E-state index in [1.807, 2.05) is 12.1 Å². The third-order valence-electron chi connectivity index (χ3n) is 2.81. The van der Waals surface area contributed by atoms with Crippen LogP contribution >= 0.6 is 0 Å². The highest BCUT2D eigenvalue weighted by atomic mass is 19.1. The predicted octanol–water partition coefficient (Wildman–Crippen LogP) is 3.27. The van der Waals surface area contributed by atoms with Crippen LogP contribution in [0.2, 0.25) is 0 Å². The van der Waals surface area contributed by atoms with Gasteiger partial charge in [-0.25, -0.2) is 9.37 Å². The van der Waals surface area contributed by atoms with Gasteiger partial charge in [0.1, 0.15) is 5.82 Å². The zero-order valence-corrected chi connectivity index (χ0v) is 11.1. The number of aromatic nitrogens is 1. The molecule has 2 aromatic rings. The van der Waals surface area contributed by atoms with Crippen LogP contribution in [-0.4, -0.2) is 18.1 Å². The lowest BCUT2D eigenvalue weighted by Crippen LogP contribution is -2.18. The third-order valence-corrected chi connectivity index (χ3v) is 2.81. The summed E-state index contributed by atoms with van der Waals surface area (Å²) in [7, 11) is 1.59. The van der Waals surface area contributed by atoms with Gasteiger partial charge in [0.25, 0.3) is 0 Å². The van der Waals surface area contributed by atoms with E-state index in [0.717, 1.165) is 17.7 Å². The van der Waals surface area contributed by atoms with Crippen LogP contribution < -0.4 is 10.1 Å². The summed E-state index contributed by atoms with van der Waals surface area (Å²) in [5, 5.41) is 3.34. The van der Waals surface area contributed by atoms with Gasteiger partial charge in [-0.15, -0.1) is 0 Å². The SMILES string of the molecule is COc1ccc(NC(C)Cc2ccc(F)cc2)cn1. The van der Waals surface area contributed by atoms with Crippen molar-refractivity contribution in [3.8, 4) is 5.88 Å². The molecule has 1 heterocycles. The molecule has 0 saturated heterocycles. The number of nitrogens with zero attached hydrogens (tertiary/aromatic N) is 1. The summed E-state index contributed by atoms with van der Waals surface area (Å²) in [5.41, 5.74) is 2.04. The number of pyridine rings is 1. The maximum Gasteiger partial charge on any atom is 0.213 e. The molecule has 1 aromatic carbocycles. The van der Waals surface area contributed by atoms with Crippen molar-refractivity contribution in [2.75, 3.05) is 12.4 Å².